The maximum Gasteiger partial charge on any atom is 0.329 e. The molecule has 136 valence electrons. The van der Waals surface area contributed by atoms with Crippen molar-refractivity contribution in [3.63, 3.8) is 0 Å². The Bertz CT molecular complexity index is 602. The molecule has 5 nitrogen and oxygen atoms in total. The first-order chi connectivity index (χ1) is 12.0. The lowest BCUT2D eigenvalue weighted by Crippen LogP contribution is -2.50. The van der Waals surface area contributed by atoms with Crippen LogP contribution in [-0.2, 0) is 16.1 Å². The number of carbonyl (C=O) groups excluding carboxylic acids is 2. The summed E-state index contributed by atoms with van der Waals surface area (Å²) in [5, 5.41) is 5.58. The van der Waals surface area contributed by atoms with Gasteiger partial charge in [0.15, 0.2) is 0 Å². The lowest BCUT2D eigenvalue weighted by Gasteiger charge is -2.26. The van der Waals surface area contributed by atoms with Crippen LogP contribution in [0.3, 0.4) is 0 Å². The molecule has 1 aromatic carbocycles. The maximum atomic E-state index is 12.6. The van der Waals surface area contributed by atoms with Crippen molar-refractivity contribution in [2.45, 2.75) is 58.2 Å². The van der Waals surface area contributed by atoms with Crippen LogP contribution in [0.2, 0.25) is 0 Å². The zero-order valence-corrected chi connectivity index (χ0v) is 15.0. The van der Waals surface area contributed by atoms with Crippen molar-refractivity contribution in [2.75, 3.05) is 0 Å². The lowest BCUT2D eigenvalue weighted by molar-refractivity contribution is -0.155. The number of carbonyl (C=O) groups is 2. The number of amides is 2. The molecule has 4 atom stereocenters. The van der Waals surface area contributed by atoms with Crippen LogP contribution < -0.4 is 10.6 Å². The van der Waals surface area contributed by atoms with Gasteiger partial charge in [-0.15, -0.1) is 0 Å². The van der Waals surface area contributed by atoms with E-state index in [0.717, 1.165) is 17.9 Å². The van der Waals surface area contributed by atoms with Crippen LogP contribution >= 0.6 is 0 Å². The Kier molecular flexibility index (Phi) is 5.61. The minimum absolute atomic E-state index is 0.0198. The molecule has 2 bridgehead atoms. The first kappa shape index (κ1) is 17.8. The number of nitrogens with one attached hydrogen (secondary N) is 2. The van der Waals surface area contributed by atoms with Gasteiger partial charge in [-0.25, -0.2) is 9.59 Å². The summed E-state index contributed by atoms with van der Waals surface area (Å²) in [6, 6.07) is 8.73. The second kappa shape index (κ2) is 7.89. The van der Waals surface area contributed by atoms with Gasteiger partial charge in [-0.05, 0) is 49.0 Å². The molecule has 0 saturated heterocycles. The molecule has 2 amide bonds. The molecule has 2 N–H and O–H groups in total. The van der Waals surface area contributed by atoms with Crippen LogP contribution in [-0.4, -0.2) is 24.1 Å². The van der Waals surface area contributed by atoms with Crippen molar-refractivity contribution in [1.82, 2.24) is 10.6 Å². The molecule has 5 heteroatoms. The summed E-state index contributed by atoms with van der Waals surface area (Å²) in [6.45, 7) is 4.27. The molecular weight excluding hydrogens is 316 g/mol. The van der Waals surface area contributed by atoms with Crippen LogP contribution in [0.4, 0.5) is 4.79 Å². The number of benzene rings is 1. The molecule has 0 aromatic heterocycles. The Morgan fingerprint density at radius 2 is 1.92 bits per heavy atom. The molecule has 2 saturated carbocycles. The summed E-state index contributed by atoms with van der Waals surface area (Å²) >= 11 is 0. The van der Waals surface area contributed by atoms with Gasteiger partial charge in [0.05, 0.1) is 0 Å². The topological polar surface area (TPSA) is 67.4 Å². The predicted molar refractivity (Wildman–Crippen MR) is 95.8 cm³/mol. The van der Waals surface area contributed by atoms with Gasteiger partial charge in [-0.2, -0.15) is 0 Å². The Morgan fingerprint density at radius 3 is 2.52 bits per heavy atom. The Balaban J connectivity index is 1.50. The van der Waals surface area contributed by atoms with Crippen LogP contribution in [0.25, 0.3) is 0 Å². The summed E-state index contributed by atoms with van der Waals surface area (Å²) < 4.78 is 5.75. The highest BCUT2D eigenvalue weighted by atomic mass is 16.5. The third-order valence-corrected chi connectivity index (χ3v) is 5.44. The predicted octanol–water partition coefficient (Wildman–Crippen LogP) is 3.24. The SMILES string of the molecule is CC(C)[C@H](NC(=O)NCc1ccccc1)C(=O)O[C@@H]1C[C@H]2CC[C@H]1C2. The molecule has 1 aromatic rings. The van der Waals surface area contributed by atoms with Gasteiger partial charge in [0.1, 0.15) is 12.1 Å². The number of fused-ring (bicyclic) bond motifs is 2. The third-order valence-electron chi connectivity index (χ3n) is 5.44. The number of esters is 1. The fourth-order valence-corrected chi connectivity index (χ4v) is 4.02. The van der Waals surface area contributed by atoms with Gasteiger partial charge in [0, 0.05) is 6.54 Å². The number of hydrogen-bond donors (Lipinski definition) is 2. The molecule has 0 unspecified atom stereocenters. The van der Waals surface area contributed by atoms with Gasteiger partial charge in [-0.3, -0.25) is 0 Å². The van der Waals surface area contributed by atoms with E-state index in [1.807, 2.05) is 44.2 Å². The van der Waals surface area contributed by atoms with Crippen molar-refractivity contribution in [1.29, 1.82) is 0 Å². The molecule has 2 aliphatic rings. The highest BCUT2D eigenvalue weighted by molar-refractivity contribution is 5.83. The van der Waals surface area contributed by atoms with Gasteiger partial charge >= 0.3 is 12.0 Å². The summed E-state index contributed by atoms with van der Waals surface area (Å²) in [5.74, 6) is 0.923. The smallest absolute Gasteiger partial charge is 0.329 e. The van der Waals surface area contributed by atoms with E-state index < -0.39 is 6.04 Å². The van der Waals surface area contributed by atoms with Crippen molar-refractivity contribution >= 4 is 12.0 Å². The van der Waals surface area contributed by atoms with Crippen molar-refractivity contribution < 1.29 is 14.3 Å². The van der Waals surface area contributed by atoms with E-state index in [9.17, 15) is 9.59 Å². The van der Waals surface area contributed by atoms with Crippen molar-refractivity contribution in [3.05, 3.63) is 35.9 Å². The van der Waals surface area contributed by atoms with E-state index in [2.05, 4.69) is 10.6 Å². The largest absolute Gasteiger partial charge is 0.461 e. The number of rotatable bonds is 6. The molecule has 25 heavy (non-hydrogen) atoms. The summed E-state index contributed by atoms with van der Waals surface area (Å²) in [6.07, 6.45) is 4.66. The van der Waals surface area contributed by atoms with E-state index in [0.29, 0.717) is 12.5 Å². The minimum atomic E-state index is -0.616. The van der Waals surface area contributed by atoms with E-state index in [4.69, 9.17) is 4.74 Å². The fourth-order valence-electron chi connectivity index (χ4n) is 4.02. The Morgan fingerprint density at radius 1 is 1.16 bits per heavy atom. The molecule has 0 heterocycles. The van der Waals surface area contributed by atoms with Crippen molar-refractivity contribution in [2.24, 2.45) is 17.8 Å². The van der Waals surface area contributed by atoms with Crippen LogP contribution in [0.15, 0.2) is 30.3 Å². The minimum Gasteiger partial charge on any atom is -0.461 e. The van der Waals surface area contributed by atoms with E-state index in [1.54, 1.807) is 0 Å². The average molecular weight is 344 g/mol. The van der Waals surface area contributed by atoms with Gasteiger partial charge < -0.3 is 15.4 Å². The van der Waals surface area contributed by atoms with Gasteiger partial charge in [0.25, 0.3) is 0 Å². The standard InChI is InChI=1S/C20H28N2O3/c1-13(2)18(19(23)25-17-11-15-8-9-16(17)10-15)22-20(24)21-12-14-6-4-3-5-7-14/h3-7,13,15-18H,8-12H2,1-2H3,(H2,21,22,24)/t15-,16-,17+,18-/m0/s1. The highest BCUT2D eigenvalue weighted by Crippen LogP contribution is 2.46. The van der Waals surface area contributed by atoms with Crippen LogP contribution in [0.1, 0.15) is 45.1 Å². The second-order valence-electron chi connectivity index (χ2n) is 7.68. The molecule has 0 spiro atoms. The first-order valence-electron chi connectivity index (χ1n) is 9.31. The number of urea groups is 1. The van der Waals surface area contributed by atoms with Crippen molar-refractivity contribution in [3.8, 4) is 0 Å². The van der Waals surface area contributed by atoms with Crippen LogP contribution in [0, 0.1) is 17.8 Å². The summed E-state index contributed by atoms with van der Waals surface area (Å²) in [4.78, 5) is 24.7. The Labute approximate surface area is 149 Å². The lowest BCUT2D eigenvalue weighted by atomic mass is 9.97. The molecule has 2 aliphatic carbocycles. The molecule has 2 fully saturated rings. The molecular formula is C20H28N2O3. The maximum absolute atomic E-state index is 12.6. The van der Waals surface area contributed by atoms with Gasteiger partial charge in [-0.1, -0.05) is 44.2 Å². The third kappa shape index (κ3) is 4.53. The molecule has 3 rings (SSSR count). The summed E-state index contributed by atoms with van der Waals surface area (Å²) in [5.41, 5.74) is 1.02. The normalized spacial score (nSPS) is 25.6. The molecule has 0 radical (unpaired) electrons. The average Bonchev–Trinajstić information content (AvgIpc) is 3.21. The number of hydrogen-bond acceptors (Lipinski definition) is 3. The molecule has 0 aliphatic heterocycles. The first-order valence-corrected chi connectivity index (χ1v) is 9.31. The zero-order chi connectivity index (χ0) is 17.8. The van der Waals surface area contributed by atoms with Gasteiger partial charge in [0.2, 0.25) is 0 Å². The quantitative estimate of drug-likeness (QED) is 0.779. The van der Waals surface area contributed by atoms with E-state index >= 15 is 0 Å². The highest BCUT2D eigenvalue weighted by Gasteiger charge is 2.42. The van der Waals surface area contributed by atoms with E-state index in [1.165, 1.54) is 19.3 Å². The Hall–Kier alpha value is -2.04. The zero-order valence-electron chi connectivity index (χ0n) is 15.0. The fraction of sp³-hybridized carbons (Fsp3) is 0.600. The number of ether oxygens (including phenoxy) is 1. The summed E-state index contributed by atoms with van der Waals surface area (Å²) in [7, 11) is 0. The second-order valence-corrected chi connectivity index (χ2v) is 7.68. The van der Waals surface area contributed by atoms with E-state index in [-0.39, 0.29) is 24.0 Å². The van der Waals surface area contributed by atoms with Crippen LogP contribution in [0.5, 0.6) is 0 Å². The monoisotopic (exact) mass is 344 g/mol.